The van der Waals surface area contributed by atoms with Gasteiger partial charge in [0.1, 0.15) is 5.69 Å². The molecule has 2 aromatic heterocycles. The van der Waals surface area contributed by atoms with Crippen molar-refractivity contribution in [2.45, 2.75) is 12.8 Å². The topological polar surface area (TPSA) is 105 Å². The summed E-state index contributed by atoms with van der Waals surface area (Å²) >= 11 is 0. The Morgan fingerprint density at radius 1 is 1.00 bits per heavy atom. The lowest BCUT2D eigenvalue weighted by atomic mass is 9.99. The van der Waals surface area contributed by atoms with Gasteiger partial charge in [0.2, 0.25) is 0 Å². The molecule has 0 unspecified atom stereocenters. The van der Waals surface area contributed by atoms with Crippen LogP contribution in [0.4, 0.5) is 0 Å². The number of fused-ring (bicyclic) bond motifs is 1. The van der Waals surface area contributed by atoms with Crippen molar-refractivity contribution < 1.29 is 19.8 Å². The zero-order valence-corrected chi connectivity index (χ0v) is 17.6. The second kappa shape index (κ2) is 9.55. The minimum absolute atomic E-state index is 0.172. The Kier molecular flexibility index (Phi) is 6.39. The predicted octanol–water partition coefficient (Wildman–Crippen LogP) is 4.02. The summed E-state index contributed by atoms with van der Waals surface area (Å²) in [6.45, 7) is 0.188. The van der Waals surface area contributed by atoms with Gasteiger partial charge in [0.25, 0.3) is 5.91 Å². The maximum Gasteiger partial charge on any atom is 0.279 e. The standard InChI is InChI=1S/C25H23N3O4/c1-32-24-22(25(30)28-31)20-15-26-13-12-21(20)27-23(24)19-10-8-18(9-11-19)17-6-4-16(5-7-17)3-2-14-29/h4-13,15,29,31H,2-3,14H2,1H3,(H,28,30). The summed E-state index contributed by atoms with van der Waals surface area (Å²) in [5.74, 6) is -0.431. The van der Waals surface area contributed by atoms with E-state index in [0.29, 0.717) is 16.6 Å². The van der Waals surface area contributed by atoms with Gasteiger partial charge in [-0.15, -0.1) is 0 Å². The van der Waals surface area contributed by atoms with Crippen molar-refractivity contribution in [1.82, 2.24) is 15.4 Å². The molecule has 7 heteroatoms. The first-order valence-corrected chi connectivity index (χ1v) is 10.2. The Balaban J connectivity index is 1.74. The van der Waals surface area contributed by atoms with Crippen LogP contribution in [0.5, 0.6) is 5.75 Å². The molecule has 32 heavy (non-hydrogen) atoms. The van der Waals surface area contributed by atoms with Gasteiger partial charge < -0.3 is 9.84 Å². The Morgan fingerprint density at radius 2 is 1.66 bits per heavy atom. The number of nitrogens with zero attached hydrogens (tertiary/aromatic N) is 2. The number of hydrogen-bond donors (Lipinski definition) is 3. The quantitative estimate of drug-likeness (QED) is 0.303. The number of carbonyl (C=O) groups is 1. The first kappa shape index (κ1) is 21.4. The summed E-state index contributed by atoms with van der Waals surface area (Å²) in [7, 11) is 1.46. The molecule has 1 amide bonds. The lowest BCUT2D eigenvalue weighted by Gasteiger charge is -2.15. The second-order valence-corrected chi connectivity index (χ2v) is 7.30. The van der Waals surface area contributed by atoms with Crippen LogP contribution in [0.25, 0.3) is 33.3 Å². The lowest BCUT2D eigenvalue weighted by molar-refractivity contribution is 0.0705. The zero-order chi connectivity index (χ0) is 22.5. The van der Waals surface area contributed by atoms with E-state index in [1.165, 1.54) is 18.9 Å². The van der Waals surface area contributed by atoms with Crippen LogP contribution >= 0.6 is 0 Å². The molecule has 7 nitrogen and oxygen atoms in total. The van der Waals surface area contributed by atoms with Crippen LogP contribution in [-0.4, -0.2) is 39.9 Å². The number of carbonyl (C=O) groups excluding carboxylic acids is 1. The third-order valence-corrected chi connectivity index (χ3v) is 5.34. The third kappa shape index (κ3) is 4.16. The first-order chi connectivity index (χ1) is 15.7. The molecule has 2 heterocycles. The Labute approximate surface area is 185 Å². The molecule has 0 radical (unpaired) electrons. The van der Waals surface area contributed by atoms with Gasteiger partial charge in [0.05, 0.1) is 18.2 Å². The molecule has 4 aromatic rings. The molecule has 0 atom stereocenters. The van der Waals surface area contributed by atoms with Crippen molar-refractivity contribution in [1.29, 1.82) is 0 Å². The van der Waals surface area contributed by atoms with Gasteiger partial charge in [0.15, 0.2) is 5.75 Å². The van der Waals surface area contributed by atoms with E-state index in [0.717, 1.165) is 29.5 Å². The molecule has 0 saturated heterocycles. The van der Waals surface area contributed by atoms with Crippen molar-refractivity contribution in [2.24, 2.45) is 0 Å². The van der Waals surface area contributed by atoms with Crippen LogP contribution in [0.2, 0.25) is 0 Å². The Bertz CT molecular complexity index is 1240. The number of methoxy groups -OCH3 is 1. The number of hydroxylamine groups is 1. The molecule has 3 N–H and O–H groups in total. The number of benzene rings is 2. The molecule has 0 aliphatic rings. The lowest BCUT2D eigenvalue weighted by Crippen LogP contribution is -2.20. The largest absolute Gasteiger partial charge is 0.494 e. The molecule has 0 aliphatic carbocycles. The molecule has 2 aromatic carbocycles. The molecule has 4 rings (SSSR count). The monoisotopic (exact) mass is 429 g/mol. The average molecular weight is 429 g/mol. The maximum atomic E-state index is 12.4. The smallest absolute Gasteiger partial charge is 0.279 e. The summed E-state index contributed by atoms with van der Waals surface area (Å²) in [6, 6.07) is 17.8. The average Bonchev–Trinajstić information content (AvgIpc) is 2.86. The number of aromatic nitrogens is 2. The van der Waals surface area contributed by atoms with Gasteiger partial charge in [-0.25, -0.2) is 10.5 Å². The maximum absolute atomic E-state index is 12.4. The van der Waals surface area contributed by atoms with Crippen LogP contribution < -0.4 is 10.2 Å². The van der Waals surface area contributed by atoms with Gasteiger partial charge >= 0.3 is 0 Å². The van der Waals surface area contributed by atoms with Crippen LogP contribution in [0, 0.1) is 0 Å². The highest BCUT2D eigenvalue weighted by Gasteiger charge is 2.22. The van der Waals surface area contributed by atoms with E-state index < -0.39 is 5.91 Å². The number of aliphatic hydroxyl groups excluding tert-OH is 1. The fourth-order valence-electron chi connectivity index (χ4n) is 3.73. The third-order valence-electron chi connectivity index (χ3n) is 5.34. The van der Waals surface area contributed by atoms with Crippen molar-refractivity contribution in [3.8, 4) is 28.1 Å². The highest BCUT2D eigenvalue weighted by molar-refractivity contribution is 6.09. The number of ether oxygens (including phenoxy) is 1. The summed E-state index contributed by atoms with van der Waals surface area (Å²) in [5, 5.41) is 18.7. The number of aliphatic hydroxyl groups is 1. The van der Waals surface area contributed by atoms with E-state index in [9.17, 15) is 10.0 Å². The van der Waals surface area contributed by atoms with Gasteiger partial charge in [0, 0.05) is 30.0 Å². The fraction of sp³-hybridized carbons (Fsp3) is 0.160. The number of rotatable bonds is 7. The Hall–Kier alpha value is -3.81. The number of aryl methyl sites for hydroxylation is 1. The number of hydrogen-bond acceptors (Lipinski definition) is 6. The molecular weight excluding hydrogens is 406 g/mol. The van der Waals surface area contributed by atoms with E-state index in [2.05, 4.69) is 34.2 Å². The SMILES string of the molecule is COc1c(-c2ccc(-c3ccc(CCCO)cc3)cc2)nc2ccncc2c1C(=O)NO. The van der Waals surface area contributed by atoms with Crippen LogP contribution in [0.1, 0.15) is 22.3 Å². The molecule has 0 bridgehead atoms. The minimum atomic E-state index is -0.693. The highest BCUT2D eigenvalue weighted by atomic mass is 16.5. The van der Waals surface area contributed by atoms with E-state index in [-0.39, 0.29) is 17.9 Å². The number of nitrogens with one attached hydrogen (secondary N) is 1. The number of pyridine rings is 2. The van der Waals surface area contributed by atoms with Crippen LogP contribution in [-0.2, 0) is 6.42 Å². The summed E-state index contributed by atoms with van der Waals surface area (Å²) in [6.07, 6.45) is 4.72. The van der Waals surface area contributed by atoms with Crippen LogP contribution in [0.3, 0.4) is 0 Å². The van der Waals surface area contributed by atoms with Gasteiger partial charge in [-0.1, -0.05) is 48.5 Å². The van der Waals surface area contributed by atoms with Gasteiger partial charge in [-0.2, -0.15) is 0 Å². The number of amides is 1. The highest BCUT2D eigenvalue weighted by Crippen LogP contribution is 2.36. The Morgan fingerprint density at radius 3 is 2.28 bits per heavy atom. The van der Waals surface area contributed by atoms with E-state index in [1.54, 1.807) is 17.7 Å². The van der Waals surface area contributed by atoms with Gasteiger partial charge in [-0.05, 0) is 35.6 Å². The van der Waals surface area contributed by atoms with Crippen molar-refractivity contribution >= 4 is 16.8 Å². The summed E-state index contributed by atoms with van der Waals surface area (Å²) in [4.78, 5) is 21.2. The fourth-order valence-corrected chi connectivity index (χ4v) is 3.73. The van der Waals surface area contributed by atoms with Crippen LogP contribution in [0.15, 0.2) is 67.0 Å². The molecule has 0 fully saturated rings. The second-order valence-electron chi connectivity index (χ2n) is 7.30. The molecular formula is C25H23N3O4. The van der Waals surface area contributed by atoms with Crippen molar-refractivity contribution in [3.05, 3.63) is 78.1 Å². The molecule has 162 valence electrons. The molecule has 0 aliphatic heterocycles. The summed E-state index contributed by atoms with van der Waals surface area (Å²) in [5.41, 5.74) is 7.00. The summed E-state index contributed by atoms with van der Waals surface area (Å²) < 4.78 is 5.54. The predicted molar refractivity (Wildman–Crippen MR) is 122 cm³/mol. The molecule has 0 spiro atoms. The van der Waals surface area contributed by atoms with Crippen molar-refractivity contribution in [2.75, 3.05) is 13.7 Å². The zero-order valence-electron chi connectivity index (χ0n) is 17.6. The molecule has 0 saturated carbocycles. The van der Waals surface area contributed by atoms with Crippen molar-refractivity contribution in [3.63, 3.8) is 0 Å². The minimum Gasteiger partial charge on any atom is -0.494 e. The van der Waals surface area contributed by atoms with Gasteiger partial charge in [-0.3, -0.25) is 15.0 Å². The van der Waals surface area contributed by atoms with E-state index in [4.69, 9.17) is 9.84 Å². The normalized spacial score (nSPS) is 10.8. The first-order valence-electron chi connectivity index (χ1n) is 10.2. The van der Waals surface area contributed by atoms with E-state index in [1.807, 2.05) is 24.3 Å². The van der Waals surface area contributed by atoms with E-state index >= 15 is 0 Å².